The van der Waals surface area contributed by atoms with Crippen LogP contribution >= 0.6 is 0 Å². The number of amides is 1. The van der Waals surface area contributed by atoms with Gasteiger partial charge in [-0.05, 0) is 18.2 Å². The minimum atomic E-state index is -0.523. The average Bonchev–Trinajstić information content (AvgIpc) is 2.32. The second kappa shape index (κ2) is 6.26. The van der Waals surface area contributed by atoms with Crippen molar-refractivity contribution in [3.05, 3.63) is 29.6 Å². The number of terminal acetylenes is 1. The normalized spacial score (nSPS) is 9.12. The number of nitriles is 1. The first-order chi connectivity index (χ1) is 8.17. The lowest BCUT2D eigenvalue weighted by Crippen LogP contribution is -2.28. The Morgan fingerprint density at radius 3 is 2.94 bits per heavy atom. The van der Waals surface area contributed by atoms with Crippen molar-refractivity contribution >= 4 is 11.6 Å². The van der Waals surface area contributed by atoms with Gasteiger partial charge in [0.25, 0.3) is 0 Å². The quantitative estimate of drug-likeness (QED) is 0.596. The fourth-order valence-corrected chi connectivity index (χ4v) is 1.16. The molecule has 1 amide bonds. The van der Waals surface area contributed by atoms with Crippen LogP contribution in [0.4, 0.5) is 10.1 Å². The Morgan fingerprint density at radius 1 is 1.53 bits per heavy atom. The molecule has 1 aromatic rings. The van der Waals surface area contributed by atoms with Crippen molar-refractivity contribution in [1.82, 2.24) is 5.32 Å². The third-order valence-electron chi connectivity index (χ3n) is 1.89. The molecule has 4 nitrogen and oxygen atoms in total. The van der Waals surface area contributed by atoms with E-state index < -0.39 is 5.82 Å². The van der Waals surface area contributed by atoms with Gasteiger partial charge in [0, 0.05) is 0 Å². The van der Waals surface area contributed by atoms with Crippen molar-refractivity contribution in [2.24, 2.45) is 0 Å². The first-order valence-electron chi connectivity index (χ1n) is 4.81. The maximum Gasteiger partial charge on any atom is 0.238 e. The van der Waals surface area contributed by atoms with Crippen LogP contribution in [-0.2, 0) is 4.79 Å². The molecule has 2 N–H and O–H groups in total. The number of rotatable bonds is 4. The van der Waals surface area contributed by atoms with Crippen LogP contribution < -0.4 is 10.6 Å². The molecule has 17 heavy (non-hydrogen) atoms. The summed E-state index contributed by atoms with van der Waals surface area (Å²) in [5.41, 5.74) is 0.358. The van der Waals surface area contributed by atoms with E-state index in [0.29, 0.717) is 0 Å². The van der Waals surface area contributed by atoms with E-state index in [4.69, 9.17) is 11.7 Å². The summed E-state index contributed by atoms with van der Waals surface area (Å²) < 4.78 is 12.8. The number of halogens is 1. The molecule has 0 spiro atoms. The molecule has 0 saturated heterocycles. The number of carbonyl (C=O) groups is 1. The zero-order valence-electron chi connectivity index (χ0n) is 8.96. The van der Waals surface area contributed by atoms with Crippen molar-refractivity contribution in [1.29, 1.82) is 5.26 Å². The fraction of sp³-hybridized carbons (Fsp3) is 0.167. The van der Waals surface area contributed by atoms with Crippen LogP contribution in [0.1, 0.15) is 5.56 Å². The number of benzene rings is 1. The summed E-state index contributed by atoms with van der Waals surface area (Å²) in [7, 11) is 0. The molecule has 5 heteroatoms. The molecule has 0 atom stereocenters. The first-order valence-corrected chi connectivity index (χ1v) is 4.81. The number of nitrogens with one attached hydrogen (secondary N) is 2. The van der Waals surface area contributed by atoms with Gasteiger partial charge in [0.1, 0.15) is 11.9 Å². The molecule has 0 aromatic heterocycles. The van der Waals surface area contributed by atoms with Crippen LogP contribution in [0.5, 0.6) is 0 Å². The summed E-state index contributed by atoms with van der Waals surface area (Å²) in [6.07, 6.45) is 5.00. The molecular weight excluding hydrogens is 221 g/mol. The molecule has 86 valence electrons. The van der Waals surface area contributed by atoms with Crippen LogP contribution in [0.25, 0.3) is 0 Å². The van der Waals surface area contributed by atoms with E-state index in [-0.39, 0.29) is 30.2 Å². The number of hydrogen-bond acceptors (Lipinski definition) is 3. The lowest BCUT2D eigenvalue weighted by Gasteiger charge is -2.06. The molecule has 0 heterocycles. The largest absolute Gasteiger partial charge is 0.324 e. The molecule has 0 aliphatic carbocycles. The van der Waals surface area contributed by atoms with Crippen LogP contribution in [-0.4, -0.2) is 19.0 Å². The highest BCUT2D eigenvalue weighted by Crippen LogP contribution is 2.15. The summed E-state index contributed by atoms with van der Waals surface area (Å²) in [5.74, 6) is 1.46. The molecule has 1 rings (SSSR count). The Morgan fingerprint density at radius 2 is 2.29 bits per heavy atom. The van der Waals surface area contributed by atoms with E-state index in [1.54, 1.807) is 6.07 Å². The van der Waals surface area contributed by atoms with Gasteiger partial charge < -0.3 is 5.32 Å². The van der Waals surface area contributed by atoms with Crippen LogP contribution in [0.15, 0.2) is 18.2 Å². The summed E-state index contributed by atoms with van der Waals surface area (Å²) in [4.78, 5) is 11.4. The number of carbonyl (C=O) groups excluding carboxylic acids is 1. The number of anilines is 1. The molecule has 0 radical (unpaired) electrons. The third kappa shape index (κ3) is 3.94. The van der Waals surface area contributed by atoms with Crippen molar-refractivity contribution in [2.75, 3.05) is 18.4 Å². The average molecular weight is 231 g/mol. The fourth-order valence-electron chi connectivity index (χ4n) is 1.16. The van der Waals surface area contributed by atoms with Gasteiger partial charge in [0.05, 0.1) is 24.3 Å². The monoisotopic (exact) mass is 231 g/mol. The maximum atomic E-state index is 12.8. The molecular formula is C12H10FN3O. The summed E-state index contributed by atoms with van der Waals surface area (Å²) >= 11 is 0. The van der Waals surface area contributed by atoms with Gasteiger partial charge >= 0.3 is 0 Å². The second-order valence-electron chi connectivity index (χ2n) is 3.16. The molecule has 1 aromatic carbocycles. The van der Waals surface area contributed by atoms with Gasteiger partial charge in [-0.2, -0.15) is 5.26 Å². The molecule has 0 unspecified atom stereocenters. The van der Waals surface area contributed by atoms with Crippen molar-refractivity contribution < 1.29 is 9.18 Å². The zero-order chi connectivity index (χ0) is 12.7. The van der Waals surface area contributed by atoms with Crippen LogP contribution in [0.3, 0.4) is 0 Å². The Bertz CT molecular complexity index is 499. The van der Waals surface area contributed by atoms with Crippen molar-refractivity contribution in [3.8, 4) is 18.4 Å². The first kappa shape index (κ1) is 12.7. The summed E-state index contributed by atoms with van der Waals surface area (Å²) in [5, 5.41) is 13.9. The lowest BCUT2D eigenvalue weighted by atomic mass is 10.2. The highest BCUT2D eigenvalue weighted by Gasteiger charge is 2.07. The third-order valence-corrected chi connectivity index (χ3v) is 1.89. The molecule has 0 aliphatic rings. The van der Waals surface area contributed by atoms with Crippen LogP contribution in [0, 0.1) is 29.5 Å². The summed E-state index contributed by atoms with van der Waals surface area (Å²) in [6, 6.07) is 5.37. The maximum absolute atomic E-state index is 12.8. The Balaban J connectivity index is 2.66. The predicted octanol–water partition coefficient (Wildman–Crippen LogP) is 0.859. The highest BCUT2D eigenvalue weighted by atomic mass is 19.1. The van der Waals surface area contributed by atoms with Gasteiger partial charge in [-0.25, -0.2) is 4.39 Å². The SMILES string of the molecule is C#CCNCC(=O)Nc1ccc(F)cc1C#N. The van der Waals surface area contributed by atoms with Gasteiger partial charge in [-0.1, -0.05) is 5.92 Å². The van der Waals surface area contributed by atoms with Gasteiger partial charge in [0.2, 0.25) is 5.91 Å². The van der Waals surface area contributed by atoms with E-state index in [1.807, 2.05) is 0 Å². The lowest BCUT2D eigenvalue weighted by molar-refractivity contribution is -0.115. The second-order valence-corrected chi connectivity index (χ2v) is 3.16. The van der Waals surface area contributed by atoms with E-state index in [2.05, 4.69) is 16.6 Å². The van der Waals surface area contributed by atoms with E-state index in [9.17, 15) is 9.18 Å². The minimum absolute atomic E-state index is 0.0342. The predicted molar refractivity (Wildman–Crippen MR) is 61.4 cm³/mol. The number of nitrogens with zero attached hydrogens (tertiary/aromatic N) is 1. The summed E-state index contributed by atoms with van der Waals surface area (Å²) in [6.45, 7) is 0.314. The minimum Gasteiger partial charge on any atom is -0.324 e. The standard InChI is InChI=1S/C12H10FN3O/c1-2-5-15-8-12(17)16-11-4-3-10(13)6-9(11)7-14/h1,3-4,6,15H,5,8H2,(H,16,17). The highest BCUT2D eigenvalue weighted by molar-refractivity contribution is 5.93. The Hall–Kier alpha value is -2.37. The molecule has 0 aliphatic heterocycles. The molecule has 0 saturated carbocycles. The topological polar surface area (TPSA) is 64.9 Å². The van der Waals surface area contributed by atoms with Crippen molar-refractivity contribution in [3.63, 3.8) is 0 Å². The van der Waals surface area contributed by atoms with E-state index >= 15 is 0 Å². The number of hydrogen-bond donors (Lipinski definition) is 2. The van der Waals surface area contributed by atoms with Gasteiger partial charge in [-0.3, -0.25) is 10.1 Å². The van der Waals surface area contributed by atoms with E-state index in [0.717, 1.165) is 6.07 Å². The van der Waals surface area contributed by atoms with Crippen LogP contribution in [0.2, 0.25) is 0 Å². The van der Waals surface area contributed by atoms with Gasteiger partial charge in [-0.15, -0.1) is 6.42 Å². The Labute approximate surface area is 98.4 Å². The zero-order valence-corrected chi connectivity index (χ0v) is 8.96. The smallest absolute Gasteiger partial charge is 0.238 e. The Kier molecular flexibility index (Phi) is 4.68. The van der Waals surface area contributed by atoms with Gasteiger partial charge in [0.15, 0.2) is 0 Å². The molecule has 0 bridgehead atoms. The molecule has 0 fully saturated rings. The van der Waals surface area contributed by atoms with E-state index in [1.165, 1.54) is 12.1 Å². The van der Waals surface area contributed by atoms with Crippen molar-refractivity contribution in [2.45, 2.75) is 0 Å².